The molecule has 1 aromatic carbocycles. The molecule has 0 aliphatic carbocycles. The van der Waals surface area contributed by atoms with Crippen LogP contribution in [0.15, 0.2) is 30.3 Å². The van der Waals surface area contributed by atoms with E-state index in [0.717, 1.165) is 0 Å². The van der Waals surface area contributed by atoms with E-state index in [9.17, 15) is 0 Å². The van der Waals surface area contributed by atoms with Crippen LogP contribution < -0.4 is 3.61 Å². The van der Waals surface area contributed by atoms with Crippen molar-refractivity contribution in [2.75, 3.05) is 0 Å². The zero-order valence-electron chi connectivity index (χ0n) is 7.92. The Hall–Kier alpha value is 0.00961. The van der Waals surface area contributed by atoms with Crippen molar-refractivity contribution in [1.82, 2.24) is 0 Å². The van der Waals surface area contributed by atoms with Gasteiger partial charge in [-0.15, -0.1) is 0 Å². The first-order chi connectivity index (χ1) is 5.84. The molecule has 1 aromatic rings. The first kappa shape index (κ1) is 10.1. The van der Waals surface area contributed by atoms with E-state index in [1.807, 2.05) is 0 Å². The third-order valence-electron chi connectivity index (χ3n) is 1.95. The summed E-state index contributed by atoms with van der Waals surface area (Å²) in [4.78, 5) is 2.48. The van der Waals surface area contributed by atoms with E-state index >= 15 is 0 Å². The van der Waals surface area contributed by atoms with E-state index in [1.165, 1.54) is 17.3 Å². The fourth-order valence-corrected chi connectivity index (χ4v) is 5.64. The molecule has 1 rings (SSSR count). The third-order valence-corrected chi connectivity index (χ3v) is 7.59. The number of unbranched alkanes of at least 4 members (excludes halogenated alkanes) is 1. The summed E-state index contributed by atoms with van der Waals surface area (Å²) >= 11 is -0.871. The fourth-order valence-electron chi connectivity index (χ4n) is 1.13. The average Bonchev–Trinajstić information content (AvgIpc) is 2.15. The zero-order valence-corrected chi connectivity index (χ0v) is 10.2. The molecular formula is C11H17Te+. The van der Waals surface area contributed by atoms with Crippen LogP contribution in [0.4, 0.5) is 0 Å². The van der Waals surface area contributed by atoms with E-state index in [-0.39, 0.29) is 0 Å². The van der Waals surface area contributed by atoms with Gasteiger partial charge in [0.15, 0.2) is 0 Å². The number of hydrogen-bond donors (Lipinski definition) is 0. The van der Waals surface area contributed by atoms with Crippen molar-refractivity contribution in [2.24, 2.45) is 0 Å². The molecule has 0 unspecified atom stereocenters. The van der Waals surface area contributed by atoms with Crippen molar-refractivity contribution in [3.05, 3.63) is 30.3 Å². The molecule has 0 atom stereocenters. The van der Waals surface area contributed by atoms with Crippen molar-refractivity contribution >= 4 is 23.2 Å². The molecule has 12 heavy (non-hydrogen) atoms. The van der Waals surface area contributed by atoms with Crippen LogP contribution in [0, 0.1) is 0 Å². The standard InChI is InChI=1S/C11H17Te/c1-3-4-10-12(2)11-8-6-5-7-9-11/h5-9H,3-4,10H2,1-2H3/q+1. The van der Waals surface area contributed by atoms with Crippen LogP contribution >= 0.6 is 0 Å². The molecule has 0 heterocycles. The van der Waals surface area contributed by atoms with Gasteiger partial charge in [0.25, 0.3) is 0 Å². The molecule has 0 saturated carbocycles. The Morgan fingerprint density at radius 2 is 1.83 bits per heavy atom. The summed E-state index contributed by atoms with van der Waals surface area (Å²) in [6.45, 7) is 2.27. The van der Waals surface area contributed by atoms with Gasteiger partial charge in [-0.2, -0.15) is 0 Å². The van der Waals surface area contributed by atoms with Crippen LogP contribution in [0.5, 0.6) is 0 Å². The zero-order chi connectivity index (χ0) is 8.81. The molecule has 0 aliphatic heterocycles. The predicted octanol–water partition coefficient (Wildman–Crippen LogP) is 2.82. The Bertz CT molecular complexity index is 206. The molecule has 0 fully saturated rings. The van der Waals surface area contributed by atoms with E-state index < -0.39 is 19.6 Å². The van der Waals surface area contributed by atoms with E-state index in [1.54, 1.807) is 3.61 Å². The number of rotatable bonds is 4. The quantitative estimate of drug-likeness (QED) is 0.742. The average molecular weight is 277 g/mol. The maximum atomic E-state index is 2.48. The Morgan fingerprint density at radius 1 is 1.17 bits per heavy atom. The molecule has 0 saturated heterocycles. The van der Waals surface area contributed by atoms with Gasteiger partial charge in [0.05, 0.1) is 0 Å². The number of benzene rings is 1. The molecule has 0 amide bonds. The third kappa shape index (κ3) is 3.17. The SMILES string of the molecule is CCCC[Te+](C)c1ccccc1. The van der Waals surface area contributed by atoms with Crippen molar-refractivity contribution in [2.45, 2.75) is 29.2 Å². The van der Waals surface area contributed by atoms with Gasteiger partial charge in [0.1, 0.15) is 0 Å². The molecular weight excluding hydrogens is 260 g/mol. The van der Waals surface area contributed by atoms with Crippen molar-refractivity contribution < 1.29 is 0 Å². The molecule has 1 heteroatoms. The number of hydrogen-bond acceptors (Lipinski definition) is 0. The molecule has 0 bridgehead atoms. The molecule has 0 radical (unpaired) electrons. The van der Waals surface area contributed by atoms with Crippen molar-refractivity contribution in [3.8, 4) is 0 Å². The van der Waals surface area contributed by atoms with Gasteiger partial charge in [-0.3, -0.25) is 0 Å². The van der Waals surface area contributed by atoms with Gasteiger partial charge >= 0.3 is 82.7 Å². The van der Waals surface area contributed by atoms with Crippen LogP contribution in [-0.2, 0) is 0 Å². The van der Waals surface area contributed by atoms with E-state index in [2.05, 4.69) is 42.2 Å². The first-order valence-electron chi connectivity index (χ1n) is 4.52. The van der Waals surface area contributed by atoms with Crippen molar-refractivity contribution in [3.63, 3.8) is 0 Å². The second-order valence-corrected chi connectivity index (χ2v) is 9.16. The van der Waals surface area contributed by atoms with Crippen LogP contribution in [0.25, 0.3) is 0 Å². The Kier molecular flexibility index (Phi) is 4.73. The van der Waals surface area contributed by atoms with Crippen molar-refractivity contribution in [1.29, 1.82) is 0 Å². The Morgan fingerprint density at radius 3 is 2.42 bits per heavy atom. The second-order valence-electron chi connectivity index (χ2n) is 3.01. The Labute approximate surface area is 82.6 Å². The first-order valence-corrected chi connectivity index (χ1v) is 9.66. The Balaban J connectivity index is 2.48. The van der Waals surface area contributed by atoms with Gasteiger partial charge < -0.3 is 0 Å². The monoisotopic (exact) mass is 279 g/mol. The summed E-state index contributed by atoms with van der Waals surface area (Å²) < 4.78 is 3.14. The molecule has 0 nitrogen and oxygen atoms in total. The molecule has 0 N–H and O–H groups in total. The fraction of sp³-hybridized carbons (Fsp3) is 0.455. The van der Waals surface area contributed by atoms with Crippen LogP contribution in [0.3, 0.4) is 0 Å². The maximum absolute atomic E-state index is 2.48. The van der Waals surface area contributed by atoms with Gasteiger partial charge in [-0.05, 0) is 0 Å². The summed E-state index contributed by atoms with van der Waals surface area (Å²) in [6.07, 6.45) is 2.76. The molecule has 0 aromatic heterocycles. The second kappa shape index (κ2) is 5.62. The topological polar surface area (TPSA) is 0 Å². The molecule has 66 valence electrons. The summed E-state index contributed by atoms with van der Waals surface area (Å²) in [5, 5.41) is 0. The summed E-state index contributed by atoms with van der Waals surface area (Å²) in [7, 11) is 0. The van der Waals surface area contributed by atoms with Gasteiger partial charge in [0.2, 0.25) is 0 Å². The van der Waals surface area contributed by atoms with Crippen LogP contribution in [-0.4, -0.2) is 19.6 Å². The molecule has 0 spiro atoms. The summed E-state index contributed by atoms with van der Waals surface area (Å²) in [6, 6.07) is 11.0. The van der Waals surface area contributed by atoms with E-state index in [4.69, 9.17) is 0 Å². The van der Waals surface area contributed by atoms with Crippen LogP contribution in [0.2, 0.25) is 9.44 Å². The normalized spacial score (nSPS) is 10.6. The summed E-state index contributed by atoms with van der Waals surface area (Å²) in [5.41, 5.74) is 0. The van der Waals surface area contributed by atoms with Gasteiger partial charge in [0, 0.05) is 0 Å². The van der Waals surface area contributed by atoms with Gasteiger partial charge in [-0.25, -0.2) is 0 Å². The van der Waals surface area contributed by atoms with Crippen LogP contribution in [0.1, 0.15) is 19.8 Å². The minimum atomic E-state index is -0.871. The predicted molar refractivity (Wildman–Crippen MR) is 57.4 cm³/mol. The summed E-state index contributed by atoms with van der Waals surface area (Å²) in [5.74, 6) is 0. The minimum absolute atomic E-state index is 0.871. The van der Waals surface area contributed by atoms with Gasteiger partial charge in [-0.1, -0.05) is 0 Å². The van der Waals surface area contributed by atoms with E-state index in [0.29, 0.717) is 0 Å². The molecule has 0 aliphatic rings.